The highest BCUT2D eigenvalue weighted by Crippen LogP contribution is 2.65. The molecule has 0 aromatic carbocycles. The van der Waals surface area contributed by atoms with Crippen LogP contribution in [-0.4, -0.2) is 37.2 Å². The van der Waals surface area contributed by atoms with E-state index in [0.717, 1.165) is 12.3 Å². The lowest BCUT2D eigenvalue weighted by Gasteiger charge is -2.58. The van der Waals surface area contributed by atoms with Crippen molar-refractivity contribution in [2.45, 2.75) is 124 Å². The first kappa shape index (κ1) is 26.9. The van der Waals surface area contributed by atoms with Crippen LogP contribution in [0.25, 0.3) is 0 Å². The lowest BCUT2D eigenvalue weighted by molar-refractivity contribution is -0.0631. The molecule has 3 nitrogen and oxygen atoms in total. The van der Waals surface area contributed by atoms with E-state index in [1.54, 1.807) is 5.57 Å². The topological polar surface area (TPSA) is 27.7 Å². The van der Waals surface area contributed by atoms with Crippen molar-refractivity contribution < 1.29 is 13.3 Å². The van der Waals surface area contributed by atoms with Crippen molar-refractivity contribution >= 4 is 25.0 Å². The first-order valence-corrected chi connectivity index (χ1v) is 24.1. The first-order valence-electron chi connectivity index (χ1n) is 13.9. The quantitative estimate of drug-likeness (QED) is 0.260. The van der Waals surface area contributed by atoms with Gasteiger partial charge in [0, 0.05) is 11.5 Å². The average molecular weight is 521 g/mol. The van der Waals surface area contributed by atoms with Crippen molar-refractivity contribution in [3.05, 3.63) is 23.5 Å². The fraction of sp³-hybridized carbons (Fsp3) is 0.857. The second-order valence-corrected chi connectivity index (χ2v) is 28.6. The maximum absolute atomic E-state index is 6.94. The van der Waals surface area contributed by atoms with Gasteiger partial charge in [-0.2, -0.15) is 0 Å². The van der Waals surface area contributed by atoms with Gasteiger partial charge in [0.2, 0.25) is 8.32 Å². The van der Waals surface area contributed by atoms with E-state index in [1.165, 1.54) is 37.9 Å². The fourth-order valence-corrected chi connectivity index (χ4v) is 10.9. The molecule has 2 fully saturated rings. The molecule has 7 atom stereocenters. The Bertz CT molecular complexity index is 846. The lowest BCUT2D eigenvalue weighted by atomic mass is 9.48. The summed E-state index contributed by atoms with van der Waals surface area (Å²) in [5, 5.41) is 0. The van der Waals surface area contributed by atoms with Crippen molar-refractivity contribution in [1.82, 2.24) is 0 Å². The average Bonchev–Trinajstić information content (AvgIpc) is 2.90. The van der Waals surface area contributed by atoms with Crippen molar-refractivity contribution in [3.8, 4) is 0 Å². The van der Waals surface area contributed by atoms with Crippen LogP contribution in [0.15, 0.2) is 23.5 Å². The first-order chi connectivity index (χ1) is 15.4. The molecule has 0 aliphatic heterocycles. The number of allylic oxidation sites excluding steroid dienone is 2. The third-order valence-corrected chi connectivity index (χ3v) is 11.8. The van der Waals surface area contributed by atoms with Crippen LogP contribution in [0.5, 0.6) is 0 Å². The van der Waals surface area contributed by atoms with E-state index >= 15 is 0 Å². The Balaban J connectivity index is 1.63. The van der Waals surface area contributed by atoms with Crippen LogP contribution in [0.2, 0.25) is 58.9 Å². The van der Waals surface area contributed by atoms with Crippen LogP contribution in [0.1, 0.15) is 52.4 Å². The summed E-state index contributed by atoms with van der Waals surface area (Å²) < 4.78 is 20.3. The molecule has 0 bridgehead atoms. The molecule has 4 rings (SSSR count). The third kappa shape index (κ3) is 5.27. The van der Waals surface area contributed by atoms with Crippen LogP contribution in [-0.2, 0) is 13.3 Å². The zero-order valence-electron chi connectivity index (χ0n) is 24.0. The number of hydrogen-bond acceptors (Lipinski definition) is 3. The molecule has 6 heteroatoms. The normalized spacial score (nSPS) is 40.6. The molecule has 0 saturated heterocycles. The number of rotatable bonds is 6. The smallest absolute Gasteiger partial charge is 0.241 e. The molecule has 0 aromatic heterocycles. The van der Waals surface area contributed by atoms with Gasteiger partial charge in [-0.1, -0.05) is 25.5 Å². The summed E-state index contributed by atoms with van der Waals surface area (Å²) in [6, 6.07) is 0. The second kappa shape index (κ2) is 8.71. The number of fused-ring (bicyclic) bond motifs is 5. The van der Waals surface area contributed by atoms with Crippen molar-refractivity contribution in [1.29, 1.82) is 0 Å². The van der Waals surface area contributed by atoms with Gasteiger partial charge in [-0.3, -0.25) is 0 Å². The Morgan fingerprint density at radius 3 is 2.06 bits per heavy atom. The van der Waals surface area contributed by atoms with E-state index < -0.39 is 25.0 Å². The van der Waals surface area contributed by atoms with Gasteiger partial charge in [0.25, 0.3) is 0 Å². The van der Waals surface area contributed by atoms with Crippen LogP contribution < -0.4 is 0 Å². The molecule has 0 heterocycles. The van der Waals surface area contributed by atoms with Crippen molar-refractivity contribution in [3.63, 3.8) is 0 Å². The summed E-state index contributed by atoms with van der Waals surface area (Å²) >= 11 is 0. The van der Waals surface area contributed by atoms with Gasteiger partial charge in [-0.25, -0.2) is 0 Å². The van der Waals surface area contributed by atoms with Gasteiger partial charge in [0.1, 0.15) is 11.9 Å². The molecule has 0 unspecified atom stereocenters. The van der Waals surface area contributed by atoms with Crippen LogP contribution >= 0.6 is 0 Å². The Labute approximate surface area is 213 Å². The van der Waals surface area contributed by atoms with Gasteiger partial charge in [-0.15, -0.1) is 0 Å². The minimum atomic E-state index is -1.71. The van der Waals surface area contributed by atoms with E-state index in [9.17, 15) is 0 Å². The van der Waals surface area contributed by atoms with Crippen molar-refractivity contribution in [2.24, 2.45) is 28.6 Å². The Hall–Kier alpha value is -0.149. The van der Waals surface area contributed by atoms with E-state index in [-0.39, 0.29) is 11.5 Å². The Morgan fingerprint density at radius 2 is 1.47 bits per heavy atom. The van der Waals surface area contributed by atoms with Gasteiger partial charge in [0.05, 0.1) is 0 Å². The molecular weight excluding hydrogens is 469 g/mol. The van der Waals surface area contributed by atoms with Gasteiger partial charge in [-0.05, 0) is 127 Å². The van der Waals surface area contributed by atoms with Crippen molar-refractivity contribution in [2.75, 3.05) is 0 Å². The minimum Gasteiger partial charge on any atom is -0.546 e. The maximum Gasteiger partial charge on any atom is 0.241 e. The zero-order chi connectivity index (χ0) is 25.3. The van der Waals surface area contributed by atoms with Gasteiger partial charge < -0.3 is 13.3 Å². The predicted octanol–water partition coefficient (Wildman–Crippen LogP) is 8.34. The number of hydrogen-bond donors (Lipinski definition) is 0. The molecule has 0 N–H and O–H groups in total. The van der Waals surface area contributed by atoms with Crippen LogP contribution in [0.3, 0.4) is 0 Å². The molecular formula is C28H52O3Si3. The summed E-state index contributed by atoms with van der Waals surface area (Å²) in [4.78, 5) is 0. The monoisotopic (exact) mass is 520 g/mol. The molecule has 4 aliphatic rings. The Kier molecular flexibility index (Phi) is 6.89. The Morgan fingerprint density at radius 1 is 0.824 bits per heavy atom. The van der Waals surface area contributed by atoms with Gasteiger partial charge in [0.15, 0.2) is 16.6 Å². The van der Waals surface area contributed by atoms with E-state index in [2.05, 4.69) is 84.9 Å². The van der Waals surface area contributed by atoms with Crippen LogP contribution in [0, 0.1) is 28.6 Å². The summed E-state index contributed by atoms with van der Waals surface area (Å²) in [6.07, 6.45) is 13.2. The summed E-state index contributed by atoms with van der Waals surface area (Å²) in [5.41, 5.74) is 2.22. The standard InChI is InChI=1S/C28H52O3Si3/c1-27-16-14-21(29-32(3,4)5)18-20(27)12-13-22-23(27)15-17-28(2)24(22)19-25(30-33(6,7)8)26(28)31-34(9,10)11/h12,19,21-24,26H,13-18H2,1-11H3/t21-,22+,23-,24-,26-,27-,28-/m0/s1. The molecule has 4 aliphatic carbocycles. The minimum absolute atomic E-state index is 0.135. The zero-order valence-corrected chi connectivity index (χ0v) is 27.0. The molecule has 194 valence electrons. The lowest BCUT2D eigenvalue weighted by Crippen LogP contribution is -2.53. The van der Waals surface area contributed by atoms with E-state index in [1.807, 2.05) is 0 Å². The second-order valence-electron chi connectivity index (χ2n) is 15.2. The summed E-state index contributed by atoms with van der Waals surface area (Å²) in [5.74, 6) is 3.22. The molecule has 0 aromatic rings. The molecule has 34 heavy (non-hydrogen) atoms. The summed E-state index contributed by atoms with van der Waals surface area (Å²) in [7, 11) is -4.91. The highest BCUT2D eigenvalue weighted by Gasteiger charge is 2.60. The fourth-order valence-electron chi connectivity index (χ4n) is 7.71. The largest absolute Gasteiger partial charge is 0.546 e. The highest BCUT2D eigenvalue weighted by atomic mass is 28.4. The highest BCUT2D eigenvalue weighted by molar-refractivity contribution is 6.70. The molecule has 0 radical (unpaired) electrons. The van der Waals surface area contributed by atoms with Crippen LogP contribution in [0.4, 0.5) is 0 Å². The molecule has 0 spiro atoms. The SMILES string of the molecule is C[C@]12CC[C@H]3[C@@H](CC=C4C[C@@H](O[Si](C)(C)C)CC[C@@]43C)[C@@H]1C=C(O[Si](C)(C)C)[C@@H]2O[Si](C)(C)C. The maximum atomic E-state index is 6.94. The van der Waals surface area contributed by atoms with E-state index in [0.29, 0.717) is 23.4 Å². The third-order valence-electron chi connectivity index (χ3n) is 8.97. The predicted molar refractivity (Wildman–Crippen MR) is 151 cm³/mol. The molecule has 0 amide bonds. The van der Waals surface area contributed by atoms with E-state index in [4.69, 9.17) is 13.3 Å². The summed E-state index contributed by atoms with van der Waals surface area (Å²) in [6.45, 7) is 26.0. The van der Waals surface area contributed by atoms with Gasteiger partial charge >= 0.3 is 0 Å². The molecule has 2 saturated carbocycles.